The number of fused-ring (bicyclic) bond motifs is 10. The molecule has 0 saturated heterocycles. The van der Waals surface area contributed by atoms with Crippen molar-refractivity contribution in [2.24, 2.45) is 0 Å². The van der Waals surface area contributed by atoms with Gasteiger partial charge < -0.3 is 9.47 Å². The van der Waals surface area contributed by atoms with Crippen molar-refractivity contribution in [3.8, 4) is 27.9 Å². The van der Waals surface area contributed by atoms with Crippen LogP contribution in [-0.2, 0) is 5.41 Å². The van der Waals surface area contributed by atoms with Crippen LogP contribution in [0.5, 0.6) is 0 Å². The normalized spacial score (nSPS) is 16.3. The second-order valence-corrected chi connectivity index (χ2v) is 16.5. The van der Waals surface area contributed by atoms with E-state index in [2.05, 4.69) is 236 Å². The molecular formula is C62H46N2. The third kappa shape index (κ3) is 5.73. The van der Waals surface area contributed by atoms with Crippen LogP contribution in [0.25, 0.3) is 60.9 Å². The lowest BCUT2D eigenvalue weighted by Crippen LogP contribution is -2.26. The highest BCUT2D eigenvalue weighted by molar-refractivity contribution is 6.09. The van der Waals surface area contributed by atoms with Crippen molar-refractivity contribution in [2.45, 2.75) is 12.3 Å². The number of hydrogen-bond donors (Lipinski definition) is 0. The Bertz CT molecular complexity index is 3370. The van der Waals surface area contributed by atoms with Gasteiger partial charge in [-0.15, -0.1) is 0 Å². The van der Waals surface area contributed by atoms with Gasteiger partial charge in [-0.1, -0.05) is 190 Å². The highest BCUT2D eigenvalue weighted by Crippen LogP contribution is 2.65. The Morgan fingerprint density at radius 3 is 1.69 bits per heavy atom. The largest absolute Gasteiger partial charge is 0.310 e. The van der Waals surface area contributed by atoms with Gasteiger partial charge >= 0.3 is 0 Å². The van der Waals surface area contributed by atoms with Gasteiger partial charge in [0.2, 0.25) is 0 Å². The summed E-state index contributed by atoms with van der Waals surface area (Å²) in [5.41, 5.74) is 20.8. The predicted molar refractivity (Wildman–Crippen MR) is 273 cm³/mol. The molecule has 1 atom stereocenters. The first-order chi connectivity index (χ1) is 31.6. The number of hydrogen-bond acceptors (Lipinski definition) is 1. The van der Waals surface area contributed by atoms with Crippen LogP contribution in [0.1, 0.15) is 34.7 Å². The molecule has 8 aromatic carbocycles. The van der Waals surface area contributed by atoms with Gasteiger partial charge in [0.05, 0.1) is 22.1 Å². The maximum atomic E-state index is 4.22. The Labute approximate surface area is 375 Å². The zero-order chi connectivity index (χ0) is 43.4. The molecule has 0 fully saturated rings. The maximum Gasteiger partial charge on any atom is 0.0726 e. The Kier molecular flexibility index (Phi) is 9.44. The van der Waals surface area contributed by atoms with Crippen LogP contribution in [0.4, 0.5) is 17.1 Å². The molecule has 2 aliphatic carbocycles. The molecule has 0 amide bonds. The Morgan fingerprint density at radius 2 is 1.08 bits per heavy atom. The van der Waals surface area contributed by atoms with E-state index in [4.69, 9.17) is 0 Å². The van der Waals surface area contributed by atoms with Crippen LogP contribution in [-0.4, -0.2) is 4.57 Å². The van der Waals surface area contributed by atoms with E-state index in [1.54, 1.807) is 0 Å². The minimum atomic E-state index is -0.506. The van der Waals surface area contributed by atoms with E-state index in [0.717, 1.165) is 45.0 Å². The molecule has 0 N–H and O–H groups in total. The van der Waals surface area contributed by atoms with E-state index >= 15 is 0 Å². The van der Waals surface area contributed by atoms with E-state index in [1.165, 1.54) is 66.3 Å². The minimum Gasteiger partial charge on any atom is -0.310 e. The smallest absolute Gasteiger partial charge is 0.0726 e. The zero-order valence-corrected chi connectivity index (χ0v) is 35.9. The monoisotopic (exact) mass is 818 g/mol. The molecule has 1 heterocycles. The average Bonchev–Trinajstić information content (AvgIpc) is 3.96. The molecule has 64 heavy (non-hydrogen) atoms. The Hall–Kier alpha value is -8.20. The summed E-state index contributed by atoms with van der Waals surface area (Å²) in [4.78, 5) is 2.42. The molecule has 1 unspecified atom stereocenters. The summed E-state index contributed by atoms with van der Waals surface area (Å²) in [5, 5.41) is 2.52. The van der Waals surface area contributed by atoms with Crippen molar-refractivity contribution in [2.75, 3.05) is 4.90 Å². The lowest BCUT2D eigenvalue weighted by atomic mass is 9.70. The molecule has 2 heteroatoms. The topological polar surface area (TPSA) is 8.17 Å². The van der Waals surface area contributed by atoms with Gasteiger partial charge in [-0.25, -0.2) is 0 Å². The SMILES string of the molecule is C=C/C=C(\C=C)c1ccc(N(c2ccc(-c3ccc(-n4c5ccccc5c5ccccc54)cc3)cc2)c2cccc3c2-c2ccccc2C32C(=C/C=C)/C(=C\C)c3ccccc32)cc1. The highest BCUT2D eigenvalue weighted by atomic mass is 15.1. The third-order valence-electron chi connectivity index (χ3n) is 13.3. The number of nitrogens with zero attached hydrogens (tertiary/aromatic N) is 2. The lowest BCUT2D eigenvalue weighted by Gasteiger charge is -2.32. The van der Waals surface area contributed by atoms with Gasteiger partial charge in [0.1, 0.15) is 0 Å². The van der Waals surface area contributed by atoms with E-state index in [-0.39, 0.29) is 0 Å². The molecule has 1 aromatic heterocycles. The van der Waals surface area contributed by atoms with Crippen molar-refractivity contribution >= 4 is 50.0 Å². The average molecular weight is 819 g/mol. The first-order valence-electron chi connectivity index (χ1n) is 22.0. The summed E-state index contributed by atoms with van der Waals surface area (Å²) < 4.78 is 2.37. The molecule has 0 aliphatic heterocycles. The fourth-order valence-electron chi connectivity index (χ4n) is 10.7. The molecular weight excluding hydrogens is 773 g/mol. The van der Waals surface area contributed by atoms with Crippen molar-refractivity contribution in [1.82, 2.24) is 4.57 Å². The molecule has 2 nitrogen and oxygen atoms in total. The quantitative estimate of drug-likeness (QED) is 0.132. The van der Waals surface area contributed by atoms with Crippen LogP contribution in [0.3, 0.4) is 0 Å². The minimum absolute atomic E-state index is 0.506. The van der Waals surface area contributed by atoms with Crippen molar-refractivity contribution in [3.63, 3.8) is 0 Å². The van der Waals surface area contributed by atoms with Gasteiger partial charge in [-0.2, -0.15) is 0 Å². The van der Waals surface area contributed by atoms with Crippen LogP contribution >= 0.6 is 0 Å². The summed E-state index contributed by atoms with van der Waals surface area (Å²) in [5.74, 6) is 0. The molecule has 0 saturated carbocycles. The van der Waals surface area contributed by atoms with E-state index in [9.17, 15) is 0 Å². The molecule has 2 aliphatic rings. The van der Waals surface area contributed by atoms with Gasteiger partial charge in [0.25, 0.3) is 0 Å². The van der Waals surface area contributed by atoms with Crippen LogP contribution in [0.2, 0.25) is 0 Å². The summed E-state index contributed by atoms with van der Waals surface area (Å²) in [6.07, 6.45) is 12.1. The van der Waals surface area contributed by atoms with E-state index in [0.29, 0.717) is 0 Å². The highest BCUT2D eigenvalue weighted by Gasteiger charge is 2.53. The second kappa shape index (κ2) is 15.6. The van der Waals surface area contributed by atoms with Gasteiger partial charge in [0.15, 0.2) is 0 Å². The van der Waals surface area contributed by atoms with Crippen LogP contribution in [0.15, 0.2) is 250 Å². The number of aromatic nitrogens is 1. The lowest BCUT2D eigenvalue weighted by molar-refractivity contribution is 0.794. The second-order valence-electron chi connectivity index (χ2n) is 16.5. The van der Waals surface area contributed by atoms with Crippen LogP contribution < -0.4 is 4.90 Å². The summed E-state index contributed by atoms with van der Waals surface area (Å²) in [6.45, 7) is 14.4. The molecule has 9 aromatic rings. The molecule has 0 bridgehead atoms. The molecule has 304 valence electrons. The predicted octanol–water partition coefficient (Wildman–Crippen LogP) is 16.5. The number of benzene rings is 8. The van der Waals surface area contributed by atoms with Crippen LogP contribution in [0, 0.1) is 0 Å². The summed E-state index contributed by atoms with van der Waals surface area (Å²) >= 11 is 0. The van der Waals surface area contributed by atoms with Gasteiger partial charge in [0, 0.05) is 33.4 Å². The number of allylic oxidation sites excluding steroid dienone is 9. The molecule has 1 spiro atoms. The number of para-hydroxylation sites is 2. The summed E-state index contributed by atoms with van der Waals surface area (Å²) in [7, 11) is 0. The van der Waals surface area contributed by atoms with Crippen molar-refractivity contribution in [3.05, 3.63) is 278 Å². The number of anilines is 3. The molecule has 11 rings (SSSR count). The van der Waals surface area contributed by atoms with E-state index < -0.39 is 5.41 Å². The van der Waals surface area contributed by atoms with Crippen molar-refractivity contribution < 1.29 is 0 Å². The first kappa shape index (κ1) is 38.7. The third-order valence-corrected chi connectivity index (χ3v) is 13.3. The van der Waals surface area contributed by atoms with E-state index in [1.807, 2.05) is 24.3 Å². The fraction of sp³-hybridized carbons (Fsp3) is 0.0323. The maximum absolute atomic E-state index is 4.22. The Morgan fingerprint density at radius 1 is 0.531 bits per heavy atom. The number of rotatable bonds is 9. The molecule has 0 radical (unpaired) electrons. The van der Waals surface area contributed by atoms with Gasteiger partial charge in [-0.05, 0) is 123 Å². The summed E-state index contributed by atoms with van der Waals surface area (Å²) in [6, 6.07) is 68.9. The fourth-order valence-corrected chi connectivity index (χ4v) is 10.7. The first-order valence-corrected chi connectivity index (χ1v) is 22.0. The standard InChI is InChI=1S/C62H46N2/c1-5-18-42(7-3)43-30-36-46(37-31-43)63(47-38-32-44(33-39-47)45-34-40-48(41-35-45)64-58-27-15-11-21-51(58)52-22-12-16-28-59(52)64)60-29-17-26-57-61(60)53-23-10-14-25-56(53)62(57)54(19-6-2)49(8-4)50-20-9-13-24-55(50)62/h5-41H,1-3H2,4H3/b42-18+,49-8-,54-19+. The van der Waals surface area contributed by atoms with Crippen molar-refractivity contribution in [1.29, 1.82) is 0 Å². The zero-order valence-electron chi connectivity index (χ0n) is 35.9. The Balaban J connectivity index is 1.06. The van der Waals surface area contributed by atoms with Gasteiger partial charge in [-0.3, -0.25) is 0 Å².